The summed E-state index contributed by atoms with van der Waals surface area (Å²) in [6.07, 6.45) is 0. The predicted molar refractivity (Wildman–Crippen MR) is 98.3 cm³/mol. The summed E-state index contributed by atoms with van der Waals surface area (Å²) in [7, 11) is 0. The van der Waals surface area contributed by atoms with Crippen molar-refractivity contribution in [3.8, 4) is 5.75 Å². The van der Waals surface area contributed by atoms with Crippen LogP contribution in [0.15, 0.2) is 51.4 Å². The number of halogens is 3. The molecule has 0 atom stereocenters. The molecule has 0 radical (unpaired) electrons. The molecule has 6 heteroatoms. The summed E-state index contributed by atoms with van der Waals surface area (Å²) in [6.45, 7) is 1.89. The van der Waals surface area contributed by atoms with Crippen LogP contribution in [0.2, 0.25) is 5.02 Å². The third kappa shape index (κ3) is 3.42. The minimum absolute atomic E-state index is 0.395. The number of esters is 1. The summed E-state index contributed by atoms with van der Waals surface area (Å²) in [6, 6.07) is 12.2. The Kier molecular flexibility index (Phi) is 4.71. The Balaban J connectivity index is 2.07. The molecule has 23 heavy (non-hydrogen) atoms. The lowest BCUT2D eigenvalue weighted by Gasteiger charge is -2.11. The summed E-state index contributed by atoms with van der Waals surface area (Å²) in [4.78, 5) is 16.9. The number of fused-ring (bicyclic) bond motifs is 1. The number of hydrogen-bond donors (Lipinski definition) is 0. The van der Waals surface area contributed by atoms with E-state index in [-0.39, 0.29) is 0 Å². The van der Waals surface area contributed by atoms with E-state index in [9.17, 15) is 4.79 Å². The number of pyridine rings is 1. The molecule has 0 aliphatic rings. The molecule has 0 spiro atoms. The van der Waals surface area contributed by atoms with Gasteiger partial charge in [-0.1, -0.05) is 27.5 Å². The first-order chi connectivity index (χ1) is 11.0. The zero-order valence-electron chi connectivity index (χ0n) is 11.9. The highest BCUT2D eigenvalue weighted by Crippen LogP contribution is 2.38. The van der Waals surface area contributed by atoms with Crippen LogP contribution >= 0.6 is 43.5 Å². The maximum Gasteiger partial charge on any atom is 0.343 e. The average molecular weight is 456 g/mol. The zero-order chi connectivity index (χ0) is 16.6. The van der Waals surface area contributed by atoms with E-state index >= 15 is 0 Å². The Labute approximate surface area is 154 Å². The first-order valence-electron chi connectivity index (χ1n) is 6.69. The topological polar surface area (TPSA) is 39.2 Å². The Bertz CT molecular complexity index is 911. The molecular weight excluding hydrogens is 445 g/mol. The van der Waals surface area contributed by atoms with Gasteiger partial charge in [-0.2, -0.15) is 0 Å². The fourth-order valence-corrected chi connectivity index (χ4v) is 3.60. The third-order valence-electron chi connectivity index (χ3n) is 3.25. The van der Waals surface area contributed by atoms with E-state index in [1.807, 2.05) is 25.1 Å². The van der Waals surface area contributed by atoms with Crippen molar-refractivity contribution in [2.75, 3.05) is 0 Å². The molecule has 0 unspecified atom stereocenters. The number of aryl methyl sites for hydroxylation is 1. The molecule has 3 nitrogen and oxygen atoms in total. The van der Waals surface area contributed by atoms with Crippen molar-refractivity contribution in [2.24, 2.45) is 0 Å². The molecular formula is C17H10Br2ClNO2. The van der Waals surface area contributed by atoms with Crippen molar-refractivity contribution >= 4 is 60.3 Å². The maximum atomic E-state index is 12.4. The van der Waals surface area contributed by atoms with E-state index in [0.717, 1.165) is 15.6 Å². The van der Waals surface area contributed by atoms with Crippen molar-refractivity contribution in [3.05, 3.63) is 67.7 Å². The van der Waals surface area contributed by atoms with E-state index < -0.39 is 5.97 Å². The fourth-order valence-electron chi connectivity index (χ4n) is 2.12. The standard InChI is InChI=1S/C17H10Br2ClNO2/c1-9-2-7-12-13(18)8-14(19)16(15(12)21-9)23-17(22)10-3-5-11(20)6-4-10/h2-8H,1H3. The quantitative estimate of drug-likeness (QED) is 0.355. The molecule has 3 aromatic rings. The van der Waals surface area contributed by atoms with E-state index in [0.29, 0.717) is 26.3 Å². The first-order valence-corrected chi connectivity index (χ1v) is 8.65. The zero-order valence-corrected chi connectivity index (χ0v) is 15.9. The van der Waals surface area contributed by atoms with Gasteiger partial charge < -0.3 is 4.74 Å². The van der Waals surface area contributed by atoms with Gasteiger partial charge >= 0.3 is 5.97 Å². The molecule has 1 heterocycles. The molecule has 116 valence electrons. The van der Waals surface area contributed by atoms with Gasteiger partial charge in [0.25, 0.3) is 0 Å². The van der Waals surface area contributed by atoms with Gasteiger partial charge in [-0.3, -0.25) is 0 Å². The Hall–Kier alpha value is -1.43. The number of nitrogens with zero attached hydrogens (tertiary/aromatic N) is 1. The van der Waals surface area contributed by atoms with Crippen LogP contribution in [-0.2, 0) is 0 Å². The van der Waals surface area contributed by atoms with Crippen molar-refractivity contribution in [1.82, 2.24) is 4.98 Å². The van der Waals surface area contributed by atoms with Gasteiger partial charge in [0.1, 0.15) is 5.52 Å². The van der Waals surface area contributed by atoms with Crippen LogP contribution in [0.5, 0.6) is 5.75 Å². The van der Waals surface area contributed by atoms with Crippen molar-refractivity contribution in [3.63, 3.8) is 0 Å². The average Bonchev–Trinajstić information content (AvgIpc) is 2.51. The molecule has 0 fully saturated rings. The number of aromatic nitrogens is 1. The Morgan fingerprint density at radius 3 is 2.48 bits per heavy atom. The molecule has 1 aromatic heterocycles. The van der Waals surface area contributed by atoms with Crippen LogP contribution in [0.1, 0.15) is 16.1 Å². The van der Waals surface area contributed by atoms with E-state index in [4.69, 9.17) is 16.3 Å². The van der Waals surface area contributed by atoms with E-state index in [1.165, 1.54) is 0 Å². The van der Waals surface area contributed by atoms with Crippen LogP contribution in [0.4, 0.5) is 0 Å². The molecule has 0 aliphatic heterocycles. The highest BCUT2D eigenvalue weighted by molar-refractivity contribution is 9.11. The molecule has 0 aliphatic carbocycles. The van der Waals surface area contributed by atoms with E-state index in [1.54, 1.807) is 24.3 Å². The van der Waals surface area contributed by atoms with Gasteiger partial charge in [0.05, 0.1) is 10.0 Å². The largest absolute Gasteiger partial charge is 0.419 e. The second-order valence-electron chi connectivity index (χ2n) is 4.91. The summed E-state index contributed by atoms with van der Waals surface area (Å²) in [5.74, 6) is -0.0684. The number of rotatable bonds is 2. The second-order valence-corrected chi connectivity index (χ2v) is 7.06. The molecule has 0 amide bonds. The molecule has 0 bridgehead atoms. The smallest absolute Gasteiger partial charge is 0.343 e. The first kappa shape index (κ1) is 16.4. The van der Waals surface area contributed by atoms with Crippen LogP contribution in [-0.4, -0.2) is 11.0 Å². The number of hydrogen-bond acceptors (Lipinski definition) is 3. The molecule has 0 saturated carbocycles. The minimum atomic E-state index is -0.464. The lowest BCUT2D eigenvalue weighted by atomic mass is 10.2. The fraction of sp³-hybridized carbons (Fsp3) is 0.0588. The van der Waals surface area contributed by atoms with Gasteiger partial charge in [-0.15, -0.1) is 0 Å². The number of carbonyl (C=O) groups is 1. The number of carbonyl (C=O) groups excluding carboxylic acids is 1. The van der Waals surface area contributed by atoms with Crippen LogP contribution in [0.25, 0.3) is 10.9 Å². The normalized spacial score (nSPS) is 10.8. The van der Waals surface area contributed by atoms with E-state index in [2.05, 4.69) is 36.8 Å². The number of ether oxygens (including phenoxy) is 1. The van der Waals surface area contributed by atoms with Crippen molar-refractivity contribution in [2.45, 2.75) is 6.92 Å². The minimum Gasteiger partial charge on any atom is -0.419 e. The van der Waals surface area contributed by atoms with Crippen LogP contribution in [0.3, 0.4) is 0 Å². The highest BCUT2D eigenvalue weighted by Gasteiger charge is 2.17. The van der Waals surface area contributed by atoms with Gasteiger partial charge in [0.15, 0.2) is 5.75 Å². The highest BCUT2D eigenvalue weighted by atomic mass is 79.9. The monoisotopic (exact) mass is 453 g/mol. The van der Waals surface area contributed by atoms with Crippen molar-refractivity contribution < 1.29 is 9.53 Å². The summed E-state index contributed by atoms with van der Waals surface area (Å²) >= 11 is 12.8. The lowest BCUT2D eigenvalue weighted by Crippen LogP contribution is -2.09. The Morgan fingerprint density at radius 1 is 1.09 bits per heavy atom. The summed E-state index contributed by atoms with van der Waals surface area (Å²) in [5.41, 5.74) is 1.88. The SMILES string of the molecule is Cc1ccc2c(Br)cc(Br)c(OC(=O)c3ccc(Cl)cc3)c2n1. The Morgan fingerprint density at radius 2 is 1.78 bits per heavy atom. The summed E-state index contributed by atoms with van der Waals surface area (Å²) in [5, 5.41) is 1.44. The van der Waals surface area contributed by atoms with Gasteiger partial charge in [0.2, 0.25) is 0 Å². The van der Waals surface area contributed by atoms with Crippen molar-refractivity contribution in [1.29, 1.82) is 0 Å². The lowest BCUT2D eigenvalue weighted by molar-refractivity contribution is 0.0735. The maximum absolute atomic E-state index is 12.4. The summed E-state index contributed by atoms with van der Waals surface area (Å²) < 4.78 is 7.11. The predicted octanol–water partition coefficient (Wildman–Crippen LogP) is 5.94. The molecule has 3 rings (SSSR count). The van der Waals surface area contributed by atoms with Gasteiger partial charge in [0, 0.05) is 20.6 Å². The third-order valence-corrected chi connectivity index (χ3v) is 4.75. The van der Waals surface area contributed by atoms with Gasteiger partial charge in [-0.05, 0) is 65.3 Å². The second kappa shape index (κ2) is 6.59. The molecule has 0 N–H and O–H groups in total. The molecule has 2 aromatic carbocycles. The number of benzene rings is 2. The van der Waals surface area contributed by atoms with Crippen LogP contribution < -0.4 is 4.74 Å². The molecule has 0 saturated heterocycles. The van der Waals surface area contributed by atoms with Gasteiger partial charge in [-0.25, -0.2) is 9.78 Å². The van der Waals surface area contributed by atoms with Crippen LogP contribution in [0, 0.1) is 6.92 Å².